The summed E-state index contributed by atoms with van der Waals surface area (Å²) in [6.07, 6.45) is 0.219. The van der Waals surface area contributed by atoms with Crippen LogP contribution < -0.4 is 4.74 Å². The van der Waals surface area contributed by atoms with Crippen LogP contribution in [0.3, 0.4) is 0 Å². The van der Waals surface area contributed by atoms with E-state index < -0.39 is 0 Å². The van der Waals surface area contributed by atoms with Crippen LogP contribution in [-0.4, -0.2) is 24.3 Å². The van der Waals surface area contributed by atoms with Gasteiger partial charge in [0.2, 0.25) is 5.89 Å². The van der Waals surface area contributed by atoms with Crippen LogP contribution in [0.4, 0.5) is 0 Å². The Morgan fingerprint density at radius 2 is 2.05 bits per heavy atom. The van der Waals surface area contributed by atoms with Crippen LogP contribution in [-0.2, 0) is 4.74 Å². The van der Waals surface area contributed by atoms with Gasteiger partial charge in [0, 0.05) is 11.1 Å². The third kappa shape index (κ3) is 2.77. The average molecular weight is 336 g/mol. The lowest BCUT2D eigenvalue weighted by Crippen LogP contribution is -2.03. The summed E-state index contributed by atoms with van der Waals surface area (Å²) in [4.78, 5) is 4.47. The molecular formula is C16H11Cl2NO3. The minimum Gasteiger partial charge on any atom is -0.491 e. The Kier molecular flexibility index (Phi) is 3.45. The molecule has 0 amide bonds. The monoisotopic (exact) mass is 335 g/mol. The quantitative estimate of drug-likeness (QED) is 0.655. The first-order valence-electron chi connectivity index (χ1n) is 6.79. The Hall–Kier alpha value is -1.75. The molecule has 2 heterocycles. The van der Waals surface area contributed by atoms with E-state index >= 15 is 0 Å². The maximum absolute atomic E-state index is 6.19. The van der Waals surface area contributed by atoms with E-state index in [0.717, 1.165) is 17.9 Å². The molecule has 4 rings (SSSR count). The van der Waals surface area contributed by atoms with Crippen molar-refractivity contribution in [2.75, 3.05) is 13.2 Å². The van der Waals surface area contributed by atoms with Crippen LogP contribution in [0, 0.1) is 0 Å². The Morgan fingerprint density at radius 1 is 1.18 bits per heavy atom. The highest BCUT2D eigenvalue weighted by Crippen LogP contribution is 2.32. The summed E-state index contributed by atoms with van der Waals surface area (Å²) in [6, 6.07) is 10.7. The summed E-state index contributed by atoms with van der Waals surface area (Å²) < 4.78 is 16.5. The molecule has 0 spiro atoms. The fourth-order valence-corrected chi connectivity index (χ4v) is 2.62. The summed E-state index contributed by atoms with van der Waals surface area (Å²) in [7, 11) is 0. The van der Waals surface area contributed by atoms with Crippen molar-refractivity contribution in [2.45, 2.75) is 6.10 Å². The van der Waals surface area contributed by atoms with Crippen LogP contribution in [0.1, 0.15) is 0 Å². The molecule has 6 heteroatoms. The maximum atomic E-state index is 6.19. The van der Waals surface area contributed by atoms with E-state index in [1.165, 1.54) is 0 Å². The van der Waals surface area contributed by atoms with Crippen molar-refractivity contribution < 1.29 is 13.9 Å². The molecule has 1 aromatic heterocycles. The Labute approximate surface area is 136 Å². The fraction of sp³-hybridized carbons (Fsp3) is 0.188. The highest BCUT2D eigenvalue weighted by molar-refractivity contribution is 6.36. The van der Waals surface area contributed by atoms with Gasteiger partial charge in [-0.15, -0.1) is 0 Å². The molecule has 2 aromatic carbocycles. The zero-order valence-corrected chi connectivity index (χ0v) is 12.9. The van der Waals surface area contributed by atoms with Gasteiger partial charge < -0.3 is 13.9 Å². The number of ether oxygens (including phenoxy) is 2. The van der Waals surface area contributed by atoms with Gasteiger partial charge in [-0.05, 0) is 30.3 Å². The second kappa shape index (κ2) is 5.47. The number of hydrogen-bond acceptors (Lipinski definition) is 4. The minimum atomic E-state index is 0.219. The molecule has 0 bridgehead atoms. The number of oxazole rings is 1. The van der Waals surface area contributed by atoms with Gasteiger partial charge in [0.25, 0.3) is 0 Å². The Bertz CT molecular complexity index is 843. The van der Waals surface area contributed by atoms with Crippen molar-refractivity contribution in [3.8, 4) is 17.2 Å². The number of aromatic nitrogens is 1. The second-order valence-corrected chi connectivity index (χ2v) is 5.88. The van der Waals surface area contributed by atoms with Gasteiger partial charge >= 0.3 is 0 Å². The summed E-state index contributed by atoms with van der Waals surface area (Å²) >= 11 is 12.1. The van der Waals surface area contributed by atoms with Gasteiger partial charge in [0.15, 0.2) is 5.58 Å². The van der Waals surface area contributed by atoms with Crippen molar-refractivity contribution >= 4 is 34.3 Å². The average Bonchev–Trinajstić information content (AvgIpc) is 3.23. The molecule has 0 unspecified atom stereocenters. The molecule has 0 aliphatic carbocycles. The zero-order valence-electron chi connectivity index (χ0n) is 11.4. The van der Waals surface area contributed by atoms with Crippen molar-refractivity contribution in [3.63, 3.8) is 0 Å². The molecule has 4 nitrogen and oxygen atoms in total. The lowest BCUT2D eigenvalue weighted by molar-refractivity contribution is 0.263. The second-order valence-electron chi connectivity index (χ2n) is 5.04. The van der Waals surface area contributed by atoms with Gasteiger partial charge in [-0.2, -0.15) is 0 Å². The topological polar surface area (TPSA) is 47.8 Å². The van der Waals surface area contributed by atoms with Crippen LogP contribution in [0.5, 0.6) is 5.75 Å². The Balaban J connectivity index is 1.67. The molecule has 112 valence electrons. The van der Waals surface area contributed by atoms with E-state index in [1.54, 1.807) is 18.2 Å². The van der Waals surface area contributed by atoms with Gasteiger partial charge in [0.1, 0.15) is 24.0 Å². The molecule has 1 saturated heterocycles. The number of fused-ring (bicyclic) bond motifs is 1. The molecule has 1 aliphatic rings. The molecule has 0 radical (unpaired) electrons. The smallest absolute Gasteiger partial charge is 0.228 e. The normalized spacial score (nSPS) is 16.9. The Morgan fingerprint density at radius 3 is 2.82 bits per heavy atom. The molecule has 1 aliphatic heterocycles. The lowest BCUT2D eigenvalue weighted by atomic mass is 10.2. The number of rotatable bonds is 4. The third-order valence-corrected chi connectivity index (χ3v) is 3.91. The SMILES string of the molecule is Clc1ccc(-c2nc3cc(OC[C@H]4CO4)ccc3o2)c(Cl)c1. The van der Waals surface area contributed by atoms with Gasteiger partial charge in [0.05, 0.1) is 17.2 Å². The van der Waals surface area contributed by atoms with Crippen LogP contribution >= 0.6 is 23.2 Å². The summed E-state index contributed by atoms with van der Waals surface area (Å²) in [6.45, 7) is 1.32. The lowest BCUT2D eigenvalue weighted by Gasteiger charge is -2.02. The largest absolute Gasteiger partial charge is 0.491 e. The highest BCUT2D eigenvalue weighted by atomic mass is 35.5. The number of nitrogens with zero attached hydrogens (tertiary/aromatic N) is 1. The molecule has 1 fully saturated rings. The first kappa shape index (κ1) is 13.9. The van der Waals surface area contributed by atoms with E-state index in [4.69, 9.17) is 37.1 Å². The number of halogens is 2. The van der Waals surface area contributed by atoms with Gasteiger partial charge in [-0.3, -0.25) is 0 Å². The molecule has 22 heavy (non-hydrogen) atoms. The number of benzene rings is 2. The van der Waals surface area contributed by atoms with Crippen molar-refractivity contribution in [1.82, 2.24) is 4.98 Å². The first-order chi connectivity index (χ1) is 10.7. The number of hydrogen-bond donors (Lipinski definition) is 0. The van der Waals surface area contributed by atoms with E-state index in [1.807, 2.05) is 18.2 Å². The molecular weight excluding hydrogens is 325 g/mol. The molecule has 0 N–H and O–H groups in total. The van der Waals surface area contributed by atoms with Crippen LogP contribution in [0.15, 0.2) is 40.8 Å². The fourth-order valence-electron chi connectivity index (χ4n) is 2.13. The number of epoxide rings is 1. The molecule has 1 atom stereocenters. The van der Waals surface area contributed by atoms with E-state index in [0.29, 0.717) is 33.7 Å². The standard InChI is InChI=1S/C16H11Cl2NO3/c17-9-1-3-12(13(18)5-9)16-19-14-6-10(2-4-15(14)22-16)20-7-11-8-21-11/h1-6,11H,7-8H2/t11-/m0/s1. The highest BCUT2D eigenvalue weighted by Gasteiger charge is 2.23. The van der Waals surface area contributed by atoms with E-state index in [2.05, 4.69) is 4.98 Å². The van der Waals surface area contributed by atoms with Crippen LogP contribution in [0.25, 0.3) is 22.6 Å². The third-order valence-electron chi connectivity index (χ3n) is 3.36. The summed E-state index contributed by atoms with van der Waals surface area (Å²) in [5, 5.41) is 1.07. The molecule has 3 aromatic rings. The predicted octanol–water partition coefficient (Wildman–Crippen LogP) is 4.58. The summed E-state index contributed by atoms with van der Waals surface area (Å²) in [5.74, 6) is 1.20. The predicted molar refractivity (Wildman–Crippen MR) is 84.7 cm³/mol. The van der Waals surface area contributed by atoms with E-state index in [-0.39, 0.29) is 6.10 Å². The summed E-state index contributed by atoms with van der Waals surface area (Å²) in [5.41, 5.74) is 2.10. The minimum absolute atomic E-state index is 0.219. The maximum Gasteiger partial charge on any atom is 0.228 e. The van der Waals surface area contributed by atoms with E-state index in [9.17, 15) is 0 Å². The van der Waals surface area contributed by atoms with Gasteiger partial charge in [-0.1, -0.05) is 23.2 Å². The molecule has 0 saturated carbocycles. The van der Waals surface area contributed by atoms with Crippen molar-refractivity contribution in [2.24, 2.45) is 0 Å². The van der Waals surface area contributed by atoms with Crippen molar-refractivity contribution in [3.05, 3.63) is 46.4 Å². The zero-order chi connectivity index (χ0) is 15.1. The first-order valence-corrected chi connectivity index (χ1v) is 7.55. The van der Waals surface area contributed by atoms with Crippen LogP contribution in [0.2, 0.25) is 10.0 Å². The van der Waals surface area contributed by atoms with Gasteiger partial charge in [-0.25, -0.2) is 4.98 Å². The van der Waals surface area contributed by atoms with Crippen molar-refractivity contribution in [1.29, 1.82) is 0 Å².